The van der Waals surface area contributed by atoms with Gasteiger partial charge in [-0.25, -0.2) is 0 Å². The highest BCUT2D eigenvalue weighted by Crippen LogP contribution is 2.42. The molecule has 1 aromatic carbocycles. The summed E-state index contributed by atoms with van der Waals surface area (Å²) in [6, 6.07) is 7.42. The Bertz CT molecular complexity index is 487. The first-order valence-corrected chi connectivity index (χ1v) is 7.05. The molecule has 3 N–H and O–H groups in total. The van der Waals surface area contributed by atoms with Crippen LogP contribution in [0.15, 0.2) is 24.3 Å². The van der Waals surface area contributed by atoms with Crippen LogP contribution in [0.1, 0.15) is 39.5 Å². The average Bonchev–Trinajstić information content (AvgIpc) is 2.27. The molecule has 0 radical (unpaired) electrons. The molecule has 1 saturated carbocycles. The Morgan fingerprint density at radius 1 is 1.37 bits per heavy atom. The van der Waals surface area contributed by atoms with Crippen molar-refractivity contribution in [1.29, 1.82) is 0 Å². The van der Waals surface area contributed by atoms with E-state index in [0.717, 1.165) is 31.4 Å². The van der Waals surface area contributed by atoms with Gasteiger partial charge in [0.2, 0.25) is 5.91 Å². The molecule has 0 spiro atoms. The Morgan fingerprint density at radius 3 is 2.68 bits per heavy atom. The van der Waals surface area contributed by atoms with Crippen LogP contribution in [0.2, 0.25) is 5.02 Å². The minimum atomic E-state index is -0.660. The number of nitrogens with one attached hydrogen (secondary N) is 1. The van der Waals surface area contributed by atoms with Crippen LogP contribution in [0, 0.1) is 5.41 Å². The van der Waals surface area contributed by atoms with E-state index >= 15 is 0 Å². The summed E-state index contributed by atoms with van der Waals surface area (Å²) in [5.74, 6) is -0.278. The molecule has 4 heteroatoms. The topological polar surface area (TPSA) is 55.1 Å². The van der Waals surface area contributed by atoms with E-state index in [9.17, 15) is 4.79 Å². The molecule has 1 amide bonds. The smallest absolute Gasteiger partial charge is 0.243 e. The third kappa shape index (κ3) is 3.21. The van der Waals surface area contributed by atoms with Gasteiger partial charge in [-0.1, -0.05) is 37.9 Å². The first kappa shape index (κ1) is 14.2. The summed E-state index contributed by atoms with van der Waals surface area (Å²) in [6.45, 7) is 4.37. The zero-order chi connectivity index (χ0) is 14.1. The van der Waals surface area contributed by atoms with E-state index in [0.29, 0.717) is 5.02 Å². The van der Waals surface area contributed by atoms with Crippen LogP contribution in [-0.4, -0.2) is 11.4 Å². The number of hydrogen-bond acceptors (Lipinski definition) is 2. The number of anilines is 1. The van der Waals surface area contributed by atoms with Crippen LogP contribution in [0.25, 0.3) is 0 Å². The fraction of sp³-hybridized carbons (Fsp3) is 0.533. The maximum absolute atomic E-state index is 12.0. The van der Waals surface area contributed by atoms with Crippen molar-refractivity contribution in [2.24, 2.45) is 11.1 Å². The summed E-state index contributed by atoms with van der Waals surface area (Å²) < 4.78 is 0. The van der Waals surface area contributed by atoms with E-state index in [-0.39, 0.29) is 11.3 Å². The number of amides is 1. The summed E-state index contributed by atoms with van der Waals surface area (Å²) in [4.78, 5) is 12.0. The third-order valence-electron chi connectivity index (χ3n) is 3.92. The highest BCUT2D eigenvalue weighted by atomic mass is 35.5. The van der Waals surface area contributed by atoms with Gasteiger partial charge in [-0.3, -0.25) is 4.79 Å². The summed E-state index contributed by atoms with van der Waals surface area (Å²) in [5.41, 5.74) is 5.99. The minimum absolute atomic E-state index is 0.124. The van der Waals surface area contributed by atoms with Crippen molar-refractivity contribution in [2.75, 3.05) is 5.32 Å². The second-order valence-electron chi connectivity index (χ2n) is 6.28. The van der Waals surface area contributed by atoms with E-state index in [4.69, 9.17) is 17.3 Å². The number of carbonyl (C=O) groups is 1. The molecule has 0 heterocycles. The van der Waals surface area contributed by atoms with Gasteiger partial charge in [0.05, 0.1) is 0 Å². The highest BCUT2D eigenvalue weighted by molar-refractivity contribution is 6.30. The molecule has 104 valence electrons. The highest BCUT2D eigenvalue weighted by Gasteiger charge is 2.44. The van der Waals surface area contributed by atoms with E-state index < -0.39 is 5.54 Å². The zero-order valence-corrected chi connectivity index (χ0v) is 12.3. The number of halogens is 1. The Labute approximate surface area is 119 Å². The molecule has 19 heavy (non-hydrogen) atoms. The lowest BCUT2D eigenvalue weighted by Crippen LogP contribution is -2.55. The van der Waals surface area contributed by atoms with Gasteiger partial charge in [-0.2, -0.15) is 0 Å². The number of nitrogens with two attached hydrogens (primary N) is 1. The van der Waals surface area contributed by atoms with Crippen molar-refractivity contribution in [3.05, 3.63) is 29.3 Å². The molecule has 1 aromatic rings. The normalized spacial score (nSPS) is 25.8. The second-order valence-corrected chi connectivity index (χ2v) is 6.71. The van der Waals surface area contributed by atoms with Crippen molar-refractivity contribution in [1.82, 2.24) is 0 Å². The van der Waals surface area contributed by atoms with E-state index in [1.54, 1.807) is 0 Å². The van der Waals surface area contributed by atoms with Crippen LogP contribution < -0.4 is 11.1 Å². The maximum atomic E-state index is 12.0. The van der Waals surface area contributed by atoms with Gasteiger partial charge in [-0.05, 0) is 42.9 Å². The number of carbonyl (C=O) groups excluding carboxylic acids is 1. The lowest BCUT2D eigenvalue weighted by atomic mass is 9.67. The van der Waals surface area contributed by atoms with E-state index in [2.05, 4.69) is 19.2 Å². The average molecular weight is 281 g/mol. The van der Waals surface area contributed by atoms with Gasteiger partial charge in [0.25, 0.3) is 0 Å². The van der Waals surface area contributed by atoms with Crippen molar-refractivity contribution in [3.8, 4) is 0 Å². The van der Waals surface area contributed by atoms with Crippen LogP contribution >= 0.6 is 11.6 Å². The first-order chi connectivity index (χ1) is 8.83. The fourth-order valence-corrected chi connectivity index (χ4v) is 3.27. The molecular formula is C15H21ClN2O. The zero-order valence-electron chi connectivity index (χ0n) is 11.5. The van der Waals surface area contributed by atoms with Crippen LogP contribution in [0.4, 0.5) is 5.69 Å². The largest absolute Gasteiger partial charge is 0.371 e. The SMILES string of the molecule is CC1(C)CCCC(Nc2cccc(Cl)c2)(C(N)=O)C1. The number of rotatable bonds is 3. The molecule has 1 fully saturated rings. The summed E-state index contributed by atoms with van der Waals surface area (Å²) in [6.07, 6.45) is 3.66. The summed E-state index contributed by atoms with van der Waals surface area (Å²) >= 11 is 5.99. The molecule has 1 aliphatic rings. The first-order valence-electron chi connectivity index (χ1n) is 6.67. The lowest BCUT2D eigenvalue weighted by molar-refractivity contribution is -0.124. The fourth-order valence-electron chi connectivity index (χ4n) is 3.08. The molecule has 0 aliphatic heterocycles. The lowest BCUT2D eigenvalue weighted by Gasteiger charge is -2.43. The van der Waals surface area contributed by atoms with Gasteiger partial charge in [-0.15, -0.1) is 0 Å². The predicted octanol–water partition coefficient (Wildman–Crippen LogP) is 3.58. The quantitative estimate of drug-likeness (QED) is 0.889. The molecule has 0 bridgehead atoms. The van der Waals surface area contributed by atoms with E-state index in [1.165, 1.54) is 0 Å². The maximum Gasteiger partial charge on any atom is 0.243 e. The number of benzene rings is 1. The Morgan fingerprint density at radius 2 is 2.11 bits per heavy atom. The monoisotopic (exact) mass is 280 g/mol. The Kier molecular flexibility index (Phi) is 3.77. The van der Waals surface area contributed by atoms with Crippen LogP contribution in [0.5, 0.6) is 0 Å². The Balaban J connectivity index is 2.28. The summed E-state index contributed by atoms with van der Waals surface area (Å²) in [7, 11) is 0. The molecule has 3 nitrogen and oxygen atoms in total. The van der Waals surface area contributed by atoms with Crippen molar-refractivity contribution >= 4 is 23.2 Å². The van der Waals surface area contributed by atoms with E-state index in [1.807, 2.05) is 24.3 Å². The number of primary amides is 1. The molecule has 1 unspecified atom stereocenters. The molecule has 2 rings (SSSR count). The van der Waals surface area contributed by atoms with Gasteiger partial charge in [0, 0.05) is 10.7 Å². The van der Waals surface area contributed by atoms with Crippen molar-refractivity contribution < 1.29 is 4.79 Å². The minimum Gasteiger partial charge on any atom is -0.371 e. The van der Waals surface area contributed by atoms with Gasteiger partial charge < -0.3 is 11.1 Å². The van der Waals surface area contributed by atoms with Gasteiger partial charge in [0.15, 0.2) is 0 Å². The molecule has 0 saturated heterocycles. The second kappa shape index (κ2) is 5.04. The third-order valence-corrected chi connectivity index (χ3v) is 4.15. The molecule has 0 aromatic heterocycles. The standard InChI is InChI=1S/C15H21ClN2O/c1-14(2)7-4-8-15(10-14,13(17)19)18-12-6-3-5-11(16)9-12/h3,5-6,9,18H,4,7-8,10H2,1-2H3,(H2,17,19). The molecular weight excluding hydrogens is 260 g/mol. The van der Waals surface area contributed by atoms with Crippen LogP contribution in [-0.2, 0) is 4.79 Å². The predicted molar refractivity (Wildman–Crippen MR) is 79.2 cm³/mol. The van der Waals surface area contributed by atoms with Crippen molar-refractivity contribution in [3.63, 3.8) is 0 Å². The van der Waals surface area contributed by atoms with Gasteiger partial charge >= 0.3 is 0 Å². The van der Waals surface area contributed by atoms with Crippen LogP contribution in [0.3, 0.4) is 0 Å². The Hall–Kier alpha value is -1.22. The number of hydrogen-bond donors (Lipinski definition) is 2. The molecule has 1 aliphatic carbocycles. The molecule has 1 atom stereocenters. The summed E-state index contributed by atoms with van der Waals surface area (Å²) in [5, 5.41) is 3.98. The van der Waals surface area contributed by atoms with Crippen molar-refractivity contribution in [2.45, 2.75) is 45.1 Å². The van der Waals surface area contributed by atoms with Gasteiger partial charge in [0.1, 0.15) is 5.54 Å².